The summed E-state index contributed by atoms with van der Waals surface area (Å²) in [5, 5.41) is 40.9. The molecule has 0 aliphatic rings. The molecule has 0 aliphatic heterocycles. The molecule has 1 aromatic carbocycles. The van der Waals surface area contributed by atoms with Crippen molar-refractivity contribution in [3.63, 3.8) is 0 Å². The fourth-order valence-corrected chi connectivity index (χ4v) is 1.43. The van der Waals surface area contributed by atoms with Crippen LogP contribution in [0.2, 0.25) is 0 Å². The first kappa shape index (κ1) is 15.0. The summed E-state index contributed by atoms with van der Waals surface area (Å²) in [6, 6.07) is 3.68. The van der Waals surface area contributed by atoms with Crippen LogP contribution in [0.25, 0.3) is 0 Å². The van der Waals surface area contributed by atoms with Crippen LogP contribution in [-0.4, -0.2) is 51.9 Å². The van der Waals surface area contributed by atoms with E-state index in [2.05, 4.69) is 5.32 Å². The predicted octanol–water partition coefficient (Wildman–Crippen LogP) is -0.465. The van der Waals surface area contributed by atoms with E-state index >= 15 is 0 Å². The van der Waals surface area contributed by atoms with E-state index in [0.717, 1.165) is 6.07 Å². The van der Waals surface area contributed by atoms with Gasteiger partial charge >= 0.3 is 0 Å². The minimum absolute atomic E-state index is 0.00671. The molecular weight excluding hydrogens is 256 g/mol. The van der Waals surface area contributed by atoms with Gasteiger partial charge in [-0.05, 0) is 12.1 Å². The highest BCUT2D eigenvalue weighted by molar-refractivity contribution is 5.79. The van der Waals surface area contributed by atoms with Gasteiger partial charge in [0.15, 0.2) is 0 Å². The van der Waals surface area contributed by atoms with Crippen molar-refractivity contribution in [3.8, 4) is 0 Å². The summed E-state index contributed by atoms with van der Waals surface area (Å²) in [6.07, 6.45) is 0.466. The number of anilines is 1. The Morgan fingerprint density at radius 1 is 1.26 bits per heavy atom. The zero-order valence-corrected chi connectivity index (χ0v) is 9.94. The number of aliphatic hydroxyl groups excluding tert-OH is 3. The molecule has 8 heteroatoms. The monoisotopic (exact) mass is 270 g/mol. The Morgan fingerprint density at radius 2 is 1.84 bits per heavy atom. The number of benzene rings is 1. The Hall–Kier alpha value is -2.03. The smallest absolute Gasteiger partial charge is 0.293 e. The van der Waals surface area contributed by atoms with Gasteiger partial charge in [0, 0.05) is 11.6 Å². The van der Waals surface area contributed by atoms with Crippen LogP contribution in [0, 0.1) is 10.1 Å². The number of carbonyl (C=O) groups excluding carboxylic acids is 1. The average molecular weight is 270 g/mol. The third-order valence-corrected chi connectivity index (χ3v) is 2.66. The third-order valence-electron chi connectivity index (χ3n) is 2.66. The lowest BCUT2D eigenvalue weighted by atomic mass is 10.0. The first-order valence-electron chi connectivity index (χ1n) is 5.36. The first-order valence-corrected chi connectivity index (χ1v) is 5.36. The second kappa shape index (κ2) is 6.23. The topological polar surface area (TPSA) is 133 Å². The van der Waals surface area contributed by atoms with Gasteiger partial charge in [0.1, 0.15) is 17.5 Å². The van der Waals surface area contributed by atoms with E-state index in [0.29, 0.717) is 6.29 Å². The summed E-state index contributed by atoms with van der Waals surface area (Å²) in [7, 11) is 0. The molecule has 0 fully saturated rings. The summed E-state index contributed by atoms with van der Waals surface area (Å²) < 4.78 is 0. The summed E-state index contributed by atoms with van der Waals surface area (Å²) in [4.78, 5) is 20.8. The number of nitrogens with zero attached hydrogens (tertiary/aromatic N) is 1. The molecule has 19 heavy (non-hydrogen) atoms. The van der Waals surface area contributed by atoms with Crippen molar-refractivity contribution < 1.29 is 25.0 Å². The number of carbonyl (C=O) groups is 1. The molecule has 0 heterocycles. The average Bonchev–Trinajstić information content (AvgIpc) is 2.45. The SMILES string of the molecule is O=Cc1ccc(NC(CO)(CO)CO)c([N+](=O)[O-])c1. The molecule has 1 rings (SSSR count). The minimum Gasteiger partial charge on any atom is -0.394 e. The number of nitro benzene ring substituents is 1. The Morgan fingerprint density at radius 3 is 2.26 bits per heavy atom. The Bertz CT molecular complexity index is 464. The fourth-order valence-electron chi connectivity index (χ4n) is 1.43. The van der Waals surface area contributed by atoms with Gasteiger partial charge in [-0.1, -0.05) is 0 Å². The van der Waals surface area contributed by atoms with E-state index in [1.54, 1.807) is 0 Å². The molecule has 1 aromatic rings. The van der Waals surface area contributed by atoms with Crippen LogP contribution >= 0.6 is 0 Å². The molecular formula is C11H14N2O6. The van der Waals surface area contributed by atoms with Gasteiger partial charge in [-0.15, -0.1) is 0 Å². The quantitative estimate of drug-likeness (QED) is 0.299. The van der Waals surface area contributed by atoms with Crippen LogP contribution in [0.3, 0.4) is 0 Å². The van der Waals surface area contributed by atoms with Crippen LogP contribution in [0.5, 0.6) is 0 Å². The molecule has 0 amide bonds. The molecule has 0 unspecified atom stereocenters. The van der Waals surface area contributed by atoms with E-state index in [-0.39, 0.29) is 16.9 Å². The molecule has 0 bridgehead atoms. The van der Waals surface area contributed by atoms with Gasteiger partial charge in [0.05, 0.1) is 24.7 Å². The number of nitrogens with one attached hydrogen (secondary N) is 1. The standard InChI is InChI=1S/C11H14N2O6/c14-4-8-1-2-9(10(3-8)13(18)19)12-11(5-15,6-16)7-17/h1-4,12,15-17H,5-7H2. The molecule has 4 N–H and O–H groups in total. The van der Waals surface area contributed by atoms with Gasteiger partial charge < -0.3 is 20.6 Å². The molecule has 0 saturated carbocycles. The van der Waals surface area contributed by atoms with Gasteiger partial charge in [-0.3, -0.25) is 14.9 Å². The summed E-state index contributed by atoms with van der Waals surface area (Å²) in [6.45, 7) is -1.86. The number of rotatable bonds is 7. The molecule has 0 radical (unpaired) electrons. The number of aldehydes is 1. The van der Waals surface area contributed by atoms with Crippen LogP contribution in [0.1, 0.15) is 10.4 Å². The van der Waals surface area contributed by atoms with Gasteiger partial charge in [0.25, 0.3) is 5.69 Å². The molecule has 0 spiro atoms. The van der Waals surface area contributed by atoms with E-state index < -0.39 is 30.3 Å². The lowest BCUT2D eigenvalue weighted by Gasteiger charge is -2.29. The van der Waals surface area contributed by atoms with Crippen LogP contribution in [0.15, 0.2) is 18.2 Å². The van der Waals surface area contributed by atoms with Crippen molar-refractivity contribution in [1.29, 1.82) is 0 Å². The second-order valence-electron chi connectivity index (χ2n) is 4.03. The number of hydrogen-bond donors (Lipinski definition) is 4. The molecule has 104 valence electrons. The zero-order valence-electron chi connectivity index (χ0n) is 9.94. The normalized spacial score (nSPS) is 11.1. The van der Waals surface area contributed by atoms with Crippen molar-refractivity contribution in [1.82, 2.24) is 0 Å². The summed E-state index contributed by atoms with van der Waals surface area (Å²) in [5.74, 6) is 0. The molecule has 0 saturated heterocycles. The van der Waals surface area contributed by atoms with Gasteiger partial charge in [0.2, 0.25) is 0 Å². The highest BCUT2D eigenvalue weighted by Gasteiger charge is 2.30. The van der Waals surface area contributed by atoms with Crippen LogP contribution in [0.4, 0.5) is 11.4 Å². The van der Waals surface area contributed by atoms with Crippen molar-refractivity contribution >= 4 is 17.7 Å². The maximum absolute atomic E-state index is 10.9. The van der Waals surface area contributed by atoms with E-state index in [4.69, 9.17) is 15.3 Å². The number of nitro groups is 1. The summed E-state index contributed by atoms with van der Waals surface area (Å²) >= 11 is 0. The molecule has 0 atom stereocenters. The lowest BCUT2D eigenvalue weighted by Crippen LogP contribution is -2.49. The van der Waals surface area contributed by atoms with E-state index in [1.807, 2.05) is 0 Å². The highest BCUT2D eigenvalue weighted by Crippen LogP contribution is 2.27. The van der Waals surface area contributed by atoms with Crippen LogP contribution < -0.4 is 5.32 Å². The Labute approximate surface area is 108 Å². The van der Waals surface area contributed by atoms with E-state index in [1.165, 1.54) is 12.1 Å². The summed E-state index contributed by atoms with van der Waals surface area (Å²) in [5.41, 5.74) is -1.75. The predicted molar refractivity (Wildman–Crippen MR) is 66.1 cm³/mol. The Balaban J connectivity index is 3.19. The van der Waals surface area contributed by atoms with Gasteiger partial charge in [-0.2, -0.15) is 0 Å². The van der Waals surface area contributed by atoms with Crippen molar-refractivity contribution in [2.75, 3.05) is 25.1 Å². The van der Waals surface area contributed by atoms with Crippen molar-refractivity contribution in [3.05, 3.63) is 33.9 Å². The largest absolute Gasteiger partial charge is 0.394 e. The van der Waals surface area contributed by atoms with Crippen LogP contribution in [-0.2, 0) is 0 Å². The second-order valence-corrected chi connectivity index (χ2v) is 4.03. The molecule has 0 aromatic heterocycles. The number of hydrogen-bond acceptors (Lipinski definition) is 7. The maximum Gasteiger partial charge on any atom is 0.293 e. The molecule has 8 nitrogen and oxygen atoms in total. The zero-order chi connectivity index (χ0) is 14.5. The maximum atomic E-state index is 10.9. The third kappa shape index (κ3) is 3.25. The fraction of sp³-hybridized carbons (Fsp3) is 0.364. The van der Waals surface area contributed by atoms with Crippen molar-refractivity contribution in [2.24, 2.45) is 0 Å². The lowest BCUT2D eigenvalue weighted by molar-refractivity contribution is -0.384. The molecule has 0 aliphatic carbocycles. The first-order chi connectivity index (χ1) is 9.01. The van der Waals surface area contributed by atoms with E-state index in [9.17, 15) is 14.9 Å². The highest BCUT2D eigenvalue weighted by atomic mass is 16.6. The minimum atomic E-state index is -1.48. The Kier molecular flexibility index (Phi) is 4.93. The number of aliphatic hydroxyl groups is 3. The van der Waals surface area contributed by atoms with Crippen molar-refractivity contribution in [2.45, 2.75) is 5.54 Å². The van der Waals surface area contributed by atoms with Gasteiger partial charge in [-0.25, -0.2) is 0 Å².